The first-order valence-electron chi connectivity index (χ1n) is 12.6. The quantitative estimate of drug-likeness (QED) is 0.297. The second kappa shape index (κ2) is 13.1. The molecule has 212 valence electrons. The summed E-state index contributed by atoms with van der Waals surface area (Å²) in [6.07, 6.45) is 4.90. The molecule has 0 heterocycles. The number of carbonyl (C=O) groups is 2. The first-order valence-corrected chi connectivity index (χ1v) is 14.8. The molecule has 13 heteroatoms. The second-order valence-corrected chi connectivity index (χ2v) is 11.7. The van der Waals surface area contributed by atoms with Gasteiger partial charge >= 0.3 is 0 Å². The fourth-order valence-corrected chi connectivity index (χ4v) is 5.72. The summed E-state index contributed by atoms with van der Waals surface area (Å²) in [6, 6.07) is 9.47. The van der Waals surface area contributed by atoms with Crippen LogP contribution in [0.1, 0.15) is 44.6 Å². The molecule has 1 N–H and O–H groups in total. The van der Waals surface area contributed by atoms with Crippen LogP contribution in [-0.4, -0.2) is 62.0 Å². The number of hydrogen-bond donors (Lipinski definition) is 1. The van der Waals surface area contributed by atoms with E-state index < -0.39 is 33.4 Å². The Bertz CT molecular complexity index is 1320. The van der Waals surface area contributed by atoms with Crippen molar-refractivity contribution < 1.29 is 27.7 Å². The van der Waals surface area contributed by atoms with Crippen molar-refractivity contribution in [3.05, 3.63) is 63.2 Å². The van der Waals surface area contributed by atoms with Gasteiger partial charge in [-0.2, -0.15) is 0 Å². The fourth-order valence-electron chi connectivity index (χ4n) is 4.68. The third-order valence-electron chi connectivity index (χ3n) is 6.71. The molecule has 0 saturated heterocycles. The van der Waals surface area contributed by atoms with Crippen LogP contribution >= 0.6 is 11.6 Å². The Balaban J connectivity index is 2.02. The van der Waals surface area contributed by atoms with Crippen LogP contribution in [0.2, 0.25) is 5.02 Å². The van der Waals surface area contributed by atoms with Crippen molar-refractivity contribution in [3.8, 4) is 5.75 Å². The van der Waals surface area contributed by atoms with E-state index >= 15 is 0 Å². The summed E-state index contributed by atoms with van der Waals surface area (Å²) < 4.78 is 31.8. The van der Waals surface area contributed by atoms with Crippen LogP contribution in [0.4, 0.5) is 11.4 Å². The molecule has 1 fully saturated rings. The van der Waals surface area contributed by atoms with Crippen LogP contribution < -0.4 is 14.4 Å². The van der Waals surface area contributed by atoms with Crippen LogP contribution in [0.3, 0.4) is 0 Å². The average molecular weight is 581 g/mol. The normalized spacial score (nSPS) is 14.5. The number of ether oxygens (including phenoxy) is 1. The predicted octanol–water partition coefficient (Wildman–Crippen LogP) is 3.89. The molecule has 1 aliphatic rings. The van der Waals surface area contributed by atoms with E-state index in [0.717, 1.165) is 42.3 Å². The zero-order valence-corrected chi connectivity index (χ0v) is 23.7. The van der Waals surface area contributed by atoms with Crippen molar-refractivity contribution in [2.24, 2.45) is 0 Å². The zero-order chi connectivity index (χ0) is 28.7. The Morgan fingerprint density at radius 1 is 1.21 bits per heavy atom. The molecule has 1 atom stereocenters. The van der Waals surface area contributed by atoms with Gasteiger partial charge in [-0.25, -0.2) is 8.42 Å². The molecule has 0 bridgehead atoms. The molecule has 0 unspecified atom stereocenters. The third kappa shape index (κ3) is 7.60. The van der Waals surface area contributed by atoms with Gasteiger partial charge in [0, 0.05) is 29.7 Å². The number of hydrogen-bond acceptors (Lipinski definition) is 7. The van der Waals surface area contributed by atoms with E-state index in [1.807, 2.05) is 0 Å². The van der Waals surface area contributed by atoms with Gasteiger partial charge in [0.15, 0.2) is 0 Å². The highest BCUT2D eigenvalue weighted by atomic mass is 35.5. The lowest BCUT2D eigenvalue weighted by atomic mass is 10.1. The second-order valence-electron chi connectivity index (χ2n) is 9.41. The molecular formula is C26H33ClN4O7S. The van der Waals surface area contributed by atoms with E-state index in [1.165, 1.54) is 24.1 Å². The van der Waals surface area contributed by atoms with E-state index in [0.29, 0.717) is 10.6 Å². The number of nitro benzene ring substituents is 1. The maximum atomic E-state index is 13.9. The minimum absolute atomic E-state index is 0.0189. The number of nitrogens with zero attached hydrogens (tertiary/aromatic N) is 3. The van der Waals surface area contributed by atoms with Crippen LogP contribution in [-0.2, 0) is 26.2 Å². The number of nitrogens with one attached hydrogen (secondary N) is 1. The maximum absolute atomic E-state index is 13.9. The summed E-state index contributed by atoms with van der Waals surface area (Å²) in [7, 11) is -2.83. The molecular weight excluding hydrogens is 548 g/mol. The number of carbonyl (C=O) groups excluding carboxylic acids is 2. The van der Waals surface area contributed by atoms with Gasteiger partial charge in [0.25, 0.3) is 5.69 Å². The molecule has 2 amide bonds. The van der Waals surface area contributed by atoms with Crippen LogP contribution in [0.5, 0.6) is 5.75 Å². The van der Waals surface area contributed by atoms with E-state index in [2.05, 4.69) is 5.32 Å². The summed E-state index contributed by atoms with van der Waals surface area (Å²) >= 11 is 6.37. The Labute approximate surface area is 233 Å². The number of sulfonamides is 1. The molecule has 0 aromatic heterocycles. The maximum Gasteiger partial charge on any atom is 0.271 e. The summed E-state index contributed by atoms with van der Waals surface area (Å²) in [5.41, 5.74) is 0.0457. The van der Waals surface area contributed by atoms with E-state index in [-0.39, 0.29) is 42.0 Å². The lowest BCUT2D eigenvalue weighted by Crippen LogP contribution is -2.53. The monoisotopic (exact) mass is 580 g/mol. The van der Waals surface area contributed by atoms with Gasteiger partial charge < -0.3 is 15.0 Å². The Morgan fingerprint density at radius 2 is 1.87 bits per heavy atom. The van der Waals surface area contributed by atoms with Crippen LogP contribution in [0, 0.1) is 10.1 Å². The predicted molar refractivity (Wildman–Crippen MR) is 148 cm³/mol. The fraction of sp³-hybridized carbons (Fsp3) is 0.462. The Hall–Kier alpha value is -3.38. The summed E-state index contributed by atoms with van der Waals surface area (Å²) in [4.78, 5) is 39.3. The highest BCUT2D eigenvalue weighted by Gasteiger charge is 2.34. The summed E-state index contributed by atoms with van der Waals surface area (Å²) in [5, 5.41) is 14.8. The standard InChI is InChI=1S/C26H33ClN4O7S/c1-4-22(26(33)28-19-10-6-7-11-19)29(16-18-9-5-8-12-21(18)27)25(32)17-30(39(3,36)37)23-15-20(31(34)35)13-14-24(23)38-2/h5,8-9,12-15,19,22H,4,6-7,10-11,16-17H2,1-3H3,(H,28,33)/t22-/m1/s1. The molecule has 11 nitrogen and oxygen atoms in total. The number of nitro groups is 1. The molecule has 2 aromatic rings. The Morgan fingerprint density at radius 3 is 2.44 bits per heavy atom. The zero-order valence-electron chi connectivity index (χ0n) is 22.1. The molecule has 2 aromatic carbocycles. The largest absolute Gasteiger partial charge is 0.495 e. The van der Waals surface area contributed by atoms with E-state index in [1.54, 1.807) is 31.2 Å². The number of anilines is 1. The van der Waals surface area contributed by atoms with Crippen molar-refractivity contribution in [3.63, 3.8) is 0 Å². The smallest absolute Gasteiger partial charge is 0.271 e. The highest BCUT2D eigenvalue weighted by Crippen LogP contribution is 2.34. The number of rotatable bonds is 12. The van der Waals surface area contributed by atoms with Crippen molar-refractivity contribution in [2.45, 2.75) is 57.7 Å². The minimum atomic E-state index is -4.12. The Kier molecular flexibility index (Phi) is 10.1. The number of amides is 2. The van der Waals surface area contributed by atoms with Gasteiger partial charge in [0.2, 0.25) is 21.8 Å². The first kappa shape index (κ1) is 30.2. The minimum Gasteiger partial charge on any atom is -0.495 e. The topological polar surface area (TPSA) is 139 Å². The van der Waals surface area contributed by atoms with E-state index in [9.17, 15) is 28.1 Å². The van der Waals surface area contributed by atoms with Gasteiger partial charge in [0.05, 0.1) is 18.3 Å². The van der Waals surface area contributed by atoms with Crippen molar-refractivity contribution in [1.29, 1.82) is 0 Å². The SMILES string of the molecule is CC[C@H](C(=O)NC1CCCC1)N(Cc1ccccc1Cl)C(=O)CN(c1cc([N+](=O)[O-])ccc1OC)S(C)(=O)=O. The molecule has 0 radical (unpaired) electrons. The van der Waals surface area contributed by atoms with Crippen molar-refractivity contribution in [1.82, 2.24) is 10.2 Å². The molecule has 1 aliphatic carbocycles. The van der Waals surface area contributed by atoms with Gasteiger partial charge in [-0.3, -0.25) is 24.0 Å². The van der Waals surface area contributed by atoms with Crippen molar-refractivity contribution >= 4 is 44.8 Å². The number of methoxy groups -OCH3 is 1. The molecule has 0 spiro atoms. The average Bonchev–Trinajstić information content (AvgIpc) is 3.40. The lowest BCUT2D eigenvalue weighted by molar-refractivity contribution is -0.384. The summed E-state index contributed by atoms with van der Waals surface area (Å²) in [6.45, 7) is 1.01. The molecule has 1 saturated carbocycles. The third-order valence-corrected chi connectivity index (χ3v) is 8.20. The summed E-state index contributed by atoms with van der Waals surface area (Å²) in [5.74, 6) is -0.978. The van der Waals surface area contributed by atoms with Gasteiger partial charge in [0.1, 0.15) is 24.0 Å². The van der Waals surface area contributed by atoms with Gasteiger partial charge in [-0.1, -0.05) is 49.6 Å². The molecule has 39 heavy (non-hydrogen) atoms. The lowest BCUT2D eigenvalue weighted by Gasteiger charge is -2.33. The van der Waals surface area contributed by atoms with Gasteiger partial charge in [-0.05, 0) is 37.0 Å². The van der Waals surface area contributed by atoms with E-state index in [4.69, 9.17) is 16.3 Å². The number of non-ortho nitro benzene ring substituents is 1. The van der Waals surface area contributed by atoms with Gasteiger partial charge in [-0.15, -0.1) is 0 Å². The molecule has 0 aliphatic heterocycles. The first-order chi connectivity index (χ1) is 18.5. The highest BCUT2D eigenvalue weighted by molar-refractivity contribution is 7.92. The number of halogens is 1. The van der Waals surface area contributed by atoms with Crippen LogP contribution in [0.25, 0.3) is 0 Å². The van der Waals surface area contributed by atoms with Crippen LogP contribution in [0.15, 0.2) is 42.5 Å². The number of benzene rings is 2. The molecule has 3 rings (SSSR count). The van der Waals surface area contributed by atoms with Crippen molar-refractivity contribution in [2.75, 3.05) is 24.2 Å².